The first-order chi connectivity index (χ1) is 9.08. The van der Waals surface area contributed by atoms with Crippen molar-refractivity contribution in [1.82, 2.24) is 9.97 Å². The van der Waals surface area contributed by atoms with Gasteiger partial charge in [0.25, 0.3) is 0 Å². The molecule has 0 bridgehead atoms. The topological polar surface area (TPSA) is 75.1 Å². The van der Waals surface area contributed by atoms with Gasteiger partial charge in [0.05, 0.1) is 12.2 Å². The smallest absolute Gasteiger partial charge is 0.339 e. The highest BCUT2D eigenvalue weighted by atomic mass is 79.9. The fraction of sp³-hybridized carbons (Fsp3) is 0.154. The number of aromatic nitrogens is 2. The van der Waals surface area contributed by atoms with Crippen molar-refractivity contribution in [2.24, 2.45) is 0 Å². The molecule has 5 nitrogen and oxygen atoms in total. The molecule has 98 valence electrons. The second kappa shape index (κ2) is 5.79. The monoisotopic (exact) mass is 321 g/mol. The van der Waals surface area contributed by atoms with Crippen LogP contribution in [-0.2, 0) is 6.54 Å². The maximum atomic E-state index is 11.0. The fourth-order valence-corrected chi connectivity index (χ4v) is 2.01. The van der Waals surface area contributed by atoms with E-state index in [0.29, 0.717) is 12.2 Å². The molecule has 0 fully saturated rings. The minimum absolute atomic E-state index is 0.110. The van der Waals surface area contributed by atoms with Crippen LogP contribution in [0.5, 0.6) is 0 Å². The number of rotatable bonds is 4. The van der Waals surface area contributed by atoms with Crippen LogP contribution < -0.4 is 5.32 Å². The van der Waals surface area contributed by atoms with Crippen molar-refractivity contribution in [1.29, 1.82) is 0 Å². The third kappa shape index (κ3) is 3.29. The molecule has 1 aromatic heterocycles. The normalized spacial score (nSPS) is 10.2. The number of benzene rings is 1. The summed E-state index contributed by atoms with van der Waals surface area (Å²) in [6.07, 6.45) is 2.65. The average Bonchev–Trinajstić information content (AvgIpc) is 2.40. The maximum absolute atomic E-state index is 11.0. The van der Waals surface area contributed by atoms with Crippen molar-refractivity contribution in [3.63, 3.8) is 0 Å². The molecular weight excluding hydrogens is 310 g/mol. The second-order valence-corrected chi connectivity index (χ2v) is 4.88. The van der Waals surface area contributed by atoms with E-state index >= 15 is 0 Å². The molecule has 0 aliphatic rings. The van der Waals surface area contributed by atoms with Gasteiger partial charge in [0.1, 0.15) is 11.9 Å². The van der Waals surface area contributed by atoms with Crippen molar-refractivity contribution in [3.8, 4) is 0 Å². The summed E-state index contributed by atoms with van der Waals surface area (Å²) in [5.41, 5.74) is 2.58. The summed E-state index contributed by atoms with van der Waals surface area (Å²) in [5.74, 6) is -1.03. The third-order valence-corrected chi connectivity index (χ3v) is 3.28. The molecule has 6 heteroatoms. The summed E-state index contributed by atoms with van der Waals surface area (Å²) in [6, 6.07) is 5.91. The number of nitrogens with one attached hydrogen (secondary N) is 1. The van der Waals surface area contributed by atoms with Crippen molar-refractivity contribution < 1.29 is 9.90 Å². The van der Waals surface area contributed by atoms with E-state index in [9.17, 15) is 4.79 Å². The minimum Gasteiger partial charge on any atom is -0.478 e. The Hall–Kier alpha value is -1.95. The third-order valence-electron chi connectivity index (χ3n) is 2.59. The Morgan fingerprint density at radius 2 is 2.26 bits per heavy atom. The van der Waals surface area contributed by atoms with Gasteiger partial charge < -0.3 is 10.4 Å². The van der Waals surface area contributed by atoms with Crippen LogP contribution in [0.1, 0.15) is 21.6 Å². The van der Waals surface area contributed by atoms with Gasteiger partial charge in [0, 0.05) is 16.4 Å². The van der Waals surface area contributed by atoms with Gasteiger partial charge in [-0.15, -0.1) is 0 Å². The Morgan fingerprint density at radius 1 is 1.47 bits per heavy atom. The first-order valence-electron chi connectivity index (χ1n) is 5.60. The zero-order valence-corrected chi connectivity index (χ0v) is 11.8. The fourth-order valence-electron chi connectivity index (χ4n) is 1.63. The molecule has 0 aliphatic carbocycles. The summed E-state index contributed by atoms with van der Waals surface area (Å²) in [4.78, 5) is 18.8. The van der Waals surface area contributed by atoms with Crippen LogP contribution in [0, 0.1) is 6.92 Å². The molecular formula is C13H12BrN3O2. The van der Waals surface area contributed by atoms with E-state index in [-0.39, 0.29) is 5.56 Å². The van der Waals surface area contributed by atoms with Crippen molar-refractivity contribution in [3.05, 3.63) is 52.0 Å². The predicted octanol–water partition coefficient (Wildman–Crippen LogP) is 2.86. The van der Waals surface area contributed by atoms with Crippen LogP contribution in [0.15, 0.2) is 35.2 Å². The van der Waals surface area contributed by atoms with Crippen LogP contribution in [0.4, 0.5) is 5.69 Å². The Kier molecular flexibility index (Phi) is 4.11. The lowest BCUT2D eigenvalue weighted by Gasteiger charge is -2.10. The highest BCUT2D eigenvalue weighted by Gasteiger charge is 2.11. The van der Waals surface area contributed by atoms with Crippen LogP contribution in [-0.4, -0.2) is 21.0 Å². The van der Waals surface area contributed by atoms with Crippen LogP contribution in [0.3, 0.4) is 0 Å². The number of halogens is 1. The predicted molar refractivity (Wildman–Crippen MR) is 75.2 cm³/mol. The molecule has 1 heterocycles. The number of nitrogens with zero attached hydrogens (tertiary/aromatic N) is 2. The standard InChI is InChI=1S/C13H12BrN3O2/c1-8-2-3-10(14)11(4-8)16-6-12-9(13(18)19)5-15-7-17-12/h2-5,7,16H,6H2,1H3,(H,18,19). The number of carboxylic acid groups (broad SMARTS) is 1. The zero-order chi connectivity index (χ0) is 13.8. The summed E-state index contributed by atoms with van der Waals surface area (Å²) >= 11 is 3.44. The molecule has 0 unspecified atom stereocenters. The molecule has 2 rings (SSSR count). The zero-order valence-electron chi connectivity index (χ0n) is 10.2. The number of carboxylic acids is 1. The number of aryl methyl sites for hydroxylation is 1. The first-order valence-corrected chi connectivity index (χ1v) is 6.39. The van der Waals surface area contributed by atoms with Crippen LogP contribution in [0.25, 0.3) is 0 Å². The number of anilines is 1. The van der Waals surface area contributed by atoms with E-state index < -0.39 is 5.97 Å². The van der Waals surface area contributed by atoms with Gasteiger partial charge in [0.2, 0.25) is 0 Å². The molecule has 2 N–H and O–H groups in total. The Bertz CT molecular complexity index is 617. The van der Waals surface area contributed by atoms with Gasteiger partial charge in [-0.05, 0) is 40.5 Å². The summed E-state index contributed by atoms with van der Waals surface area (Å²) in [7, 11) is 0. The first kappa shape index (κ1) is 13.5. The van der Waals surface area contributed by atoms with Crippen molar-refractivity contribution in [2.75, 3.05) is 5.32 Å². The lowest BCUT2D eigenvalue weighted by Crippen LogP contribution is -2.10. The van der Waals surface area contributed by atoms with Gasteiger partial charge in [-0.2, -0.15) is 0 Å². The maximum Gasteiger partial charge on any atom is 0.339 e. The van der Waals surface area contributed by atoms with Gasteiger partial charge in [-0.3, -0.25) is 0 Å². The summed E-state index contributed by atoms with van der Waals surface area (Å²) in [6.45, 7) is 2.32. The Morgan fingerprint density at radius 3 is 3.00 bits per heavy atom. The number of hydrogen-bond acceptors (Lipinski definition) is 4. The molecule has 1 aromatic carbocycles. The number of hydrogen-bond donors (Lipinski definition) is 2. The van der Waals surface area contributed by atoms with Gasteiger partial charge in [-0.1, -0.05) is 6.07 Å². The minimum atomic E-state index is -1.03. The van der Waals surface area contributed by atoms with Gasteiger partial charge in [0.15, 0.2) is 0 Å². The molecule has 19 heavy (non-hydrogen) atoms. The number of carbonyl (C=O) groups is 1. The highest BCUT2D eigenvalue weighted by Crippen LogP contribution is 2.23. The molecule has 0 saturated heterocycles. The molecule has 0 amide bonds. The Labute approximate surface area is 118 Å². The van der Waals surface area contributed by atoms with E-state index in [0.717, 1.165) is 15.7 Å². The molecule has 0 atom stereocenters. The molecule has 0 radical (unpaired) electrons. The van der Waals surface area contributed by atoms with Crippen molar-refractivity contribution in [2.45, 2.75) is 13.5 Å². The van der Waals surface area contributed by atoms with Crippen molar-refractivity contribution >= 4 is 27.6 Å². The lowest BCUT2D eigenvalue weighted by molar-refractivity contribution is 0.0694. The lowest BCUT2D eigenvalue weighted by atomic mass is 10.2. The molecule has 0 aliphatic heterocycles. The largest absolute Gasteiger partial charge is 0.478 e. The molecule has 0 spiro atoms. The average molecular weight is 322 g/mol. The highest BCUT2D eigenvalue weighted by molar-refractivity contribution is 9.10. The Balaban J connectivity index is 2.19. The molecule has 2 aromatic rings. The van der Waals surface area contributed by atoms with Gasteiger partial charge in [-0.25, -0.2) is 14.8 Å². The van der Waals surface area contributed by atoms with Crippen LogP contribution >= 0.6 is 15.9 Å². The summed E-state index contributed by atoms with van der Waals surface area (Å²) < 4.78 is 0.920. The van der Waals surface area contributed by atoms with E-state index in [4.69, 9.17) is 5.11 Å². The van der Waals surface area contributed by atoms with Gasteiger partial charge >= 0.3 is 5.97 Å². The SMILES string of the molecule is Cc1ccc(Br)c(NCc2ncncc2C(=O)O)c1. The van der Waals surface area contributed by atoms with E-state index in [1.54, 1.807) is 0 Å². The number of aromatic carboxylic acids is 1. The van der Waals surface area contributed by atoms with Crippen LogP contribution in [0.2, 0.25) is 0 Å². The van der Waals surface area contributed by atoms with E-state index in [1.165, 1.54) is 12.5 Å². The van der Waals surface area contributed by atoms with E-state index in [2.05, 4.69) is 31.2 Å². The van der Waals surface area contributed by atoms with E-state index in [1.807, 2.05) is 25.1 Å². The quantitative estimate of drug-likeness (QED) is 0.905. The molecule has 0 saturated carbocycles. The second-order valence-electron chi connectivity index (χ2n) is 4.03. The summed E-state index contributed by atoms with van der Waals surface area (Å²) in [5, 5.41) is 12.2.